The minimum absolute atomic E-state index is 0.305. The van der Waals surface area contributed by atoms with E-state index in [1.165, 1.54) is 6.33 Å². The Morgan fingerprint density at radius 3 is 3.00 bits per heavy atom. The first-order valence-corrected chi connectivity index (χ1v) is 5.80. The number of hydrogen-bond donors (Lipinski definition) is 0. The molecule has 2 aromatic rings. The van der Waals surface area contributed by atoms with Crippen molar-refractivity contribution in [3.05, 3.63) is 41.5 Å². The van der Waals surface area contributed by atoms with Crippen LogP contribution in [0.2, 0.25) is 0 Å². The molecule has 0 N–H and O–H groups in total. The van der Waals surface area contributed by atoms with Crippen molar-refractivity contribution in [3.63, 3.8) is 0 Å². The highest BCUT2D eigenvalue weighted by atomic mass is 16.5. The van der Waals surface area contributed by atoms with Crippen molar-refractivity contribution < 1.29 is 9.53 Å². The van der Waals surface area contributed by atoms with Gasteiger partial charge in [0.2, 0.25) is 0 Å². The fourth-order valence-corrected chi connectivity index (χ4v) is 1.77. The molecule has 0 radical (unpaired) electrons. The zero-order valence-electron chi connectivity index (χ0n) is 10.5. The molecule has 0 fully saturated rings. The van der Waals surface area contributed by atoms with E-state index in [4.69, 9.17) is 4.74 Å². The Morgan fingerprint density at radius 1 is 1.44 bits per heavy atom. The molecule has 0 bridgehead atoms. The number of aldehydes is 1. The summed E-state index contributed by atoms with van der Waals surface area (Å²) in [4.78, 5) is 15.1. The first kappa shape index (κ1) is 12.3. The van der Waals surface area contributed by atoms with Crippen molar-refractivity contribution in [1.29, 1.82) is 0 Å². The lowest BCUT2D eigenvalue weighted by atomic mass is 10.1. The molecule has 0 aliphatic heterocycles. The van der Waals surface area contributed by atoms with Gasteiger partial charge in [0.1, 0.15) is 18.7 Å². The van der Waals surface area contributed by atoms with Crippen LogP contribution in [0.25, 0.3) is 0 Å². The third-order valence-corrected chi connectivity index (χ3v) is 2.71. The van der Waals surface area contributed by atoms with Crippen LogP contribution in [0.1, 0.15) is 28.7 Å². The Balaban J connectivity index is 2.18. The van der Waals surface area contributed by atoms with Crippen LogP contribution < -0.4 is 4.74 Å². The molecule has 0 spiro atoms. The highest BCUT2D eigenvalue weighted by Gasteiger charge is 2.09. The number of aryl methyl sites for hydroxylation is 2. The van der Waals surface area contributed by atoms with Gasteiger partial charge in [-0.15, -0.1) is 0 Å². The SMILES string of the molecule is CCn1ncnc1COc1c(C)cccc1C=O. The Hall–Kier alpha value is -2.17. The molecule has 2 rings (SSSR count). The Bertz CT molecular complexity index is 549. The van der Waals surface area contributed by atoms with Gasteiger partial charge in [-0.2, -0.15) is 5.10 Å². The standard InChI is InChI=1S/C13H15N3O2/c1-3-16-12(14-9-15-16)8-18-13-10(2)5-4-6-11(13)7-17/h4-7,9H,3,8H2,1-2H3. The normalized spacial score (nSPS) is 10.3. The summed E-state index contributed by atoms with van der Waals surface area (Å²) in [5.74, 6) is 1.36. The summed E-state index contributed by atoms with van der Waals surface area (Å²) in [5.41, 5.74) is 1.49. The fraction of sp³-hybridized carbons (Fsp3) is 0.308. The lowest BCUT2D eigenvalue weighted by Crippen LogP contribution is -2.08. The maximum atomic E-state index is 11.0. The van der Waals surface area contributed by atoms with Crippen molar-refractivity contribution in [1.82, 2.24) is 14.8 Å². The zero-order chi connectivity index (χ0) is 13.0. The van der Waals surface area contributed by atoms with Gasteiger partial charge in [-0.1, -0.05) is 12.1 Å². The average Bonchev–Trinajstić information content (AvgIpc) is 2.84. The van der Waals surface area contributed by atoms with Crippen LogP contribution in [0.3, 0.4) is 0 Å². The minimum Gasteiger partial charge on any atom is -0.485 e. The van der Waals surface area contributed by atoms with E-state index in [2.05, 4.69) is 10.1 Å². The molecule has 0 amide bonds. The molecule has 0 saturated carbocycles. The second kappa shape index (κ2) is 5.44. The molecule has 5 nitrogen and oxygen atoms in total. The molecule has 5 heteroatoms. The van der Waals surface area contributed by atoms with Gasteiger partial charge >= 0.3 is 0 Å². The Labute approximate surface area is 105 Å². The summed E-state index contributed by atoms with van der Waals surface area (Å²) < 4.78 is 7.45. The van der Waals surface area contributed by atoms with Crippen molar-refractivity contribution in [3.8, 4) is 5.75 Å². The molecule has 0 saturated heterocycles. The lowest BCUT2D eigenvalue weighted by molar-refractivity contribution is 0.111. The van der Waals surface area contributed by atoms with Crippen LogP contribution in [0.15, 0.2) is 24.5 Å². The highest BCUT2D eigenvalue weighted by Crippen LogP contribution is 2.22. The molecule has 18 heavy (non-hydrogen) atoms. The largest absolute Gasteiger partial charge is 0.485 e. The Morgan fingerprint density at radius 2 is 2.28 bits per heavy atom. The molecular formula is C13H15N3O2. The third-order valence-electron chi connectivity index (χ3n) is 2.71. The monoisotopic (exact) mass is 245 g/mol. The van der Waals surface area contributed by atoms with Gasteiger partial charge in [0.15, 0.2) is 12.1 Å². The van der Waals surface area contributed by atoms with E-state index in [-0.39, 0.29) is 0 Å². The minimum atomic E-state index is 0.305. The summed E-state index contributed by atoms with van der Waals surface area (Å²) >= 11 is 0. The van der Waals surface area contributed by atoms with E-state index < -0.39 is 0 Å². The number of rotatable bonds is 5. The van der Waals surface area contributed by atoms with Crippen molar-refractivity contribution in [2.75, 3.05) is 0 Å². The molecule has 0 aliphatic carbocycles. The van der Waals surface area contributed by atoms with E-state index >= 15 is 0 Å². The van der Waals surface area contributed by atoms with Gasteiger partial charge in [-0.3, -0.25) is 4.79 Å². The number of hydrogen-bond acceptors (Lipinski definition) is 4. The maximum absolute atomic E-state index is 11.0. The maximum Gasteiger partial charge on any atom is 0.164 e. The first-order valence-electron chi connectivity index (χ1n) is 5.80. The lowest BCUT2D eigenvalue weighted by Gasteiger charge is -2.11. The number of para-hydroxylation sites is 1. The number of ether oxygens (including phenoxy) is 1. The average molecular weight is 245 g/mol. The number of carbonyl (C=O) groups excluding carboxylic acids is 1. The van der Waals surface area contributed by atoms with Crippen LogP contribution >= 0.6 is 0 Å². The molecule has 0 aliphatic rings. The molecular weight excluding hydrogens is 230 g/mol. The molecule has 1 heterocycles. The molecule has 94 valence electrons. The summed E-state index contributed by atoms with van der Waals surface area (Å²) in [6, 6.07) is 5.48. The molecule has 0 atom stereocenters. The topological polar surface area (TPSA) is 57.0 Å². The van der Waals surface area contributed by atoms with E-state index in [1.807, 2.05) is 26.0 Å². The molecule has 1 aromatic carbocycles. The van der Waals surface area contributed by atoms with Gasteiger partial charge in [-0.25, -0.2) is 9.67 Å². The predicted octanol–water partition coefficient (Wildman–Crippen LogP) is 2.00. The van der Waals surface area contributed by atoms with Gasteiger partial charge in [0.05, 0.1) is 5.56 Å². The van der Waals surface area contributed by atoms with Crippen molar-refractivity contribution >= 4 is 6.29 Å². The number of nitrogens with zero attached hydrogens (tertiary/aromatic N) is 3. The van der Waals surface area contributed by atoms with Gasteiger partial charge in [-0.05, 0) is 25.5 Å². The summed E-state index contributed by atoms with van der Waals surface area (Å²) in [7, 11) is 0. The van der Waals surface area contributed by atoms with Crippen LogP contribution in [-0.4, -0.2) is 21.1 Å². The van der Waals surface area contributed by atoms with E-state index in [0.717, 1.165) is 24.2 Å². The van der Waals surface area contributed by atoms with E-state index in [1.54, 1.807) is 10.7 Å². The predicted molar refractivity (Wildman–Crippen MR) is 66.6 cm³/mol. The Kier molecular flexibility index (Phi) is 3.72. The van der Waals surface area contributed by atoms with E-state index in [9.17, 15) is 4.79 Å². The third kappa shape index (κ3) is 2.40. The number of benzene rings is 1. The van der Waals surface area contributed by atoms with Crippen LogP contribution in [0.5, 0.6) is 5.75 Å². The second-order valence-corrected chi connectivity index (χ2v) is 3.89. The van der Waals surface area contributed by atoms with E-state index in [0.29, 0.717) is 17.9 Å². The zero-order valence-corrected chi connectivity index (χ0v) is 10.5. The number of aromatic nitrogens is 3. The van der Waals surface area contributed by atoms with Gasteiger partial charge in [0, 0.05) is 6.54 Å². The van der Waals surface area contributed by atoms with Gasteiger partial charge < -0.3 is 4.74 Å². The van der Waals surface area contributed by atoms with Crippen LogP contribution in [-0.2, 0) is 13.2 Å². The summed E-state index contributed by atoms with van der Waals surface area (Å²) in [6.45, 7) is 4.95. The van der Waals surface area contributed by atoms with Crippen molar-refractivity contribution in [2.45, 2.75) is 27.0 Å². The quantitative estimate of drug-likeness (QED) is 0.756. The first-order chi connectivity index (χ1) is 8.76. The molecule has 0 unspecified atom stereocenters. The fourth-order valence-electron chi connectivity index (χ4n) is 1.77. The van der Waals surface area contributed by atoms with Crippen LogP contribution in [0.4, 0.5) is 0 Å². The van der Waals surface area contributed by atoms with Gasteiger partial charge in [0.25, 0.3) is 0 Å². The molecule has 1 aromatic heterocycles. The van der Waals surface area contributed by atoms with Crippen LogP contribution in [0, 0.1) is 6.92 Å². The second-order valence-electron chi connectivity index (χ2n) is 3.89. The smallest absolute Gasteiger partial charge is 0.164 e. The summed E-state index contributed by atoms with van der Waals surface area (Å²) in [5, 5.41) is 4.07. The number of carbonyl (C=O) groups is 1. The highest BCUT2D eigenvalue weighted by molar-refractivity contribution is 5.80. The van der Waals surface area contributed by atoms with Crippen molar-refractivity contribution in [2.24, 2.45) is 0 Å². The summed E-state index contributed by atoms with van der Waals surface area (Å²) in [6.07, 6.45) is 2.30.